The molecule has 7 nitrogen and oxygen atoms in total. The Kier molecular flexibility index (Phi) is 3.51. The van der Waals surface area contributed by atoms with Crippen LogP contribution in [0.1, 0.15) is 16.1 Å². The van der Waals surface area contributed by atoms with E-state index in [2.05, 4.69) is 30.7 Å². The summed E-state index contributed by atoms with van der Waals surface area (Å²) >= 11 is 0. The lowest BCUT2D eigenvalue weighted by molar-refractivity contribution is 0.0946. The summed E-state index contributed by atoms with van der Waals surface area (Å²) in [4.78, 5) is 19.7. The molecule has 2 heterocycles. The van der Waals surface area contributed by atoms with E-state index in [-0.39, 0.29) is 11.6 Å². The zero-order valence-electron chi connectivity index (χ0n) is 12.7. The predicted octanol–water partition coefficient (Wildman–Crippen LogP) is 2.28. The van der Waals surface area contributed by atoms with Crippen LogP contribution in [0.5, 0.6) is 0 Å². The minimum Gasteiger partial charge on any atom is -0.347 e. The first-order valence-corrected chi connectivity index (χ1v) is 7.47. The Labute approximate surface area is 137 Å². The van der Waals surface area contributed by atoms with Gasteiger partial charge in [-0.15, -0.1) is 0 Å². The number of fused-ring (bicyclic) bond motifs is 1. The molecule has 4 aromatic rings. The van der Waals surface area contributed by atoms with Gasteiger partial charge in [-0.2, -0.15) is 15.4 Å². The summed E-state index contributed by atoms with van der Waals surface area (Å²) in [7, 11) is 0. The zero-order chi connectivity index (χ0) is 16.4. The molecule has 3 N–H and O–H groups in total. The summed E-state index contributed by atoms with van der Waals surface area (Å²) in [6, 6.07) is 15.8. The Morgan fingerprint density at radius 2 is 1.92 bits per heavy atom. The van der Waals surface area contributed by atoms with E-state index in [1.54, 1.807) is 0 Å². The van der Waals surface area contributed by atoms with Crippen molar-refractivity contribution in [1.82, 2.24) is 30.7 Å². The van der Waals surface area contributed by atoms with Gasteiger partial charge >= 0.3 is 0 Å². The van der Waals surface area contributed by atoms with Crippen molar-refractivity contribution in [3.8, 4) is 11.4 Å². The lowest BCUT2D eigenvalue weighted by Crippen LogP contribution is -2.23. The van der Waals surface area contributed by atoms with Crippen LogP contribution >= 0.6 is 0 Å². The van der Waals surface area contributed by atoms with Gasteiger partial charge in [-0.3, -0.25) is 4.79 Å². The van der Waals surface area contributed by atoms with Gasteiger partial charge in [-0.25, -0.2) is 4.98 Å². The number of nitrogens with one attached hydrogen (secondary N) is 3. The van der Waals surface area contributed by atoms with E-state index in [1.165, 1.54) is 6.20 Å². The standard InChI is InChI=1S/C17H14N6O/c24-17(15-10-19-23-22-15)18-9-11-5-7-12(8-6-11)16-20-13-3-1-2-4-14(13)21-16/h1-8,10H,9H2,(H,18,24)(H,20,21)(H,19,22,23). The van der Waals surface area contributed by atoms with Crippen LogP contribution in [0.3, 0.4) is 0 Å². The Morgan fingerprint density at radius 1 is 1.08 bits per heavy atom. The average Bonchev–Trinajstić information content (AvgIpc) is 3.29. The van der Waals surface area contributed by atoms with Gasteiger partial charge in [-0.1, -0.05) is 36.4 Å². The molecule has 0 spiro atoms. The molecule has 0 aliphatic heterocycles. The lowest BCUT2D eigenvalue weighted by atomic mass is 10.1. The first-order chi connectivity index (χ1) is 11.8. The van der Waals surface area contributed by atoms with Crippen LogP contribution in [0.4, 0.5) is 0 Å². The van der Waals surface area contributed by atoms with Crippen LogP contribution in [0.15, 0.2) is 54.7 Å². The third-order valence-electron chi connectivity index (χ3n) is 3.72. The minimum atomic E-state index is -0.259. The van der Waals surface area contributed by atoms with E-state index in [0.717, 1.165) is 28.0 Å². The fourth-order valence-electron chi connectivity index (χ4n) is 2.45. The molecule has 4 rings (SSSR count). The molecule has 0 radical (unpaired) electrons. The second-order valence-corrected chi connectivity index (χ2v) is 5.34. The van der Waals surface area contributed by atoms with Gasteiger partial charge in [0.25, 0.3) is 5.91 Å². The number of aromatic amines is 2. The van der Waals surface area contributed by atoms with Crippen molar-refractivity contribution in [2.75, 3.05) is 0 Å². The third kappa shape index (κ3) is 2.74. The fraction of sp³-hybridized carbons (Fsp3) is 0.0588. The highest BCUT2D eigenvalue weighted by Crippen LogP contribution is 2.20. The highest BCUT2D eigenvalue weighted by molar-refractivity contribution is 5.91. The molecule has 1 amide bonds. The molecule has 2 aromatic carbocycles. The number of hydrogen-bond acceptors (Lipinski definition) is 4. The van der Waals surface area contributed by atoms with Crippen LogP contribution in [0.2, 0.25) is 0 Å². The first-order valence-electron chi connectivity index (χ1n) is 7.47. The normalized spacial score (nSPS) is 10.8. The molecule has 0 saturated carbocycles. The summed E-state index contributed by atoms with van der Waals surface area (Å²) in [5.74, 6) is 0.569. The van der Waals surface area contributed by atoms with Crippen molar-refractivity contribution in [2.45, 2.75) is 6.54 Å². The van der Waals surface area contributed by atoms with Gasteiger partial charge < -0.3 is 10.3 Å². The molecule has 0 aliphatic carbocycles. The van der Waals surface area contributed by atoms with Gasteiger partial charge in [0.1, 0.15) is 5.82 Å². The molecule has 118 valence electrons. The van der Waals surface area contributed by atoms with E-state index in [1.807, 2.05) is 48.5 Å². The first kappa shape index (κ1) is 14.1. The molecule has 24 heavy (non-hydrogen) atoms. The SMILES string of the molecule is O=C(NCc1ccc(-c2nc3ccccc3[nH]2)cc1)c1cn[nH]n1. The number of para-hydroxylation sites is 2. The van der Waals surface area contributed by atoms with E-state index in [4.69, 9.17) is 0 Å². The van der Waals surface area contributed by atoms with Crippen molar-refractivity contribution in [2.24, 2.45) is 0 Å². The number of H-pyrrole nitrogens is 2. The fourth-order valence-corrected chi connectivity index (χ4v) is 2.45. The number of aromatic nitrogens is 5. The molecule has 0 aliphatic rings. The maximum atomic E-state index is 11.8. The maximum Gasteiger partial charge on any atom is 0.273 e. The second-order valence-electron chi connectivity index (χ2n) is 5.34. The Bertz CT molecular complexity index is 939. The van der Waals surface area contributed by atoms with Crippen LogP contribution in [-0.4, -0.2) is 31.3 Å². The van der Waals surface area contributed by atoms with E-state index in [0.29, 0.717) is 6.54 Å². The highest BCUT2D eigenvalue weighted by atomic mass is 16.1. The van der Waals surface area contributed by atoms with Crippen LogP contribution in [0, 0.1) is 0 Å². The number of nitrogens with zero attached hydrogens (tertiary/aromatic N) is 3. The third-order valence-corrected chi connectivity index (χ3v) is 3.72. The molecule has 0 fully saturated rings. The summed E-state index contributed by atoms with van der Waals surface area (Å²) < 4.78 is 0. The van der Waals surface area contributed by atoms with Crippen LogP contribution in [-0.2, 0) is 6.54 Å². The molecule has 0 bridgehead atoms. The number of hydrogen-bond donors (Lipinski definition) is 3. The lowest BCUT2D eigenvalue weighted by Gasteiger charge is -2.04. The predicted molar refractivity (Wildman–Crippen MR) is 89.1 cm³/mol. The zero-order valence-corrected chi connectivity index (χ0v) is 12.7. The smallest absolute Gasteiger partial charge is 0.273 e. The van der Waals surface area contributed by atoms with Crippen molar-refractivity contribution in [1.29, 1.82) is 0 Å². The van der Waals surface area contributed by atoms with Gasteiger partial charge in [0.15, 0.2) is 5.69 Å². The van der Waals surface area contributed by atoms with Crippen LogP contribution < -0.4 is 5.32 Å². The largest absolute Gasteiger partial charge is 0.347 e. The molecular weight excluding hydrogens is 304 g/mol. The van der Waals surface area contributed by atoms with Gasteiger partial charge in [0.05, 0.1) is 17.2 Å². The van der Waals surface area contributed by atoms with E-state index in [9.17, 15) is 4.79 Å². The van der Waals surface area contributed by atoms with Crippen LogP contribution in [0.25, 0.3) is 22.4 Å². The van der Waals surface area contributed by atoms with Crippen molar-refractivity contribution in [3.63, 3.8) is 0 Å². The van der Waals surface area contributed by atoms with Crippen molar-refractivity contribution < 1.29 is 4.79 Å². The Morgan fingerprint density at radius 3 is 2.67 bits per heavy atom. The van der Waals surface area contributed by atoms with Crippen molar-refractivity contribution in [3.05, 3.63) is 66.0 Å². The number of benzene rings is 2. The average molecular weight is 318 g/mol. The van der Waals surface area contributed by atoms with Crippen molar-refractivity contribution >= 4 is 16.9 Å². The molecule has 0 unspecified atom stereocenters. The molecular formula is C17H14N6O. The highest BCUT2D eigenvalue weighted by Gasteiger charge is 2.08. The minimum absolute atomic E-state index is 0.259. The van der Waals surface area contributed by atoms with Gasteiger partial charge in [0, 0.05) is 12.1 Å². The van der Waals surface area contributed by atoms with Gasteiger partial charge in [0.2, 0.25) is 0 Å². The van der Waals surface area contributed by atoms with E-state index >= 15 is 0 Å². The Balaban J connectivity index is 1.47. The quantitative estimate of drug-likeness (QED) is 0.537. The second kappa shape index (κ2) is 5.96. The number of carbonyl (C=O) groups excluding carboxylic acids is 1. The molecule has 0 atom stereocenters. The number of rotatable bonds is 4. The number of amides is 1. The molecule has 7 heteroatoms. The summed E-state index contributed by atoms with van der Waals surface area (Å²) in [5, 5.41) is 12.6. The number of imidazole rings is 1. The maximum absolute atomic E-state index is 11.8. The monoisotopic (exact) mass is 318 g/mol. The summed E-state index contributed by atoms with van der Waals surface area (Å²) in [6.45, 7) is 0.423. The molecule has 0 saturated heterocycles. The topological polar surface area (TPSA) is 99.4 Å². The van der Waals surface area contributed by atoms with Gasteiger partial charge in [-0.05, 0) is 17.7 Å². The summed E-state index contributed by atoms with van der Waals surface area (Å²) in [6.07, 6.45) is 1.39. The van der Waals surface area contributed by atoms with E-state index < -0.39 is 0 Å². The Hall–Kier alpha value is -3.48. The number of carbonyl (C=O) groups is 1. The summed E-state index contributed by atoms with van der Waals surface area (Å²) in [5.41, 5.74) is 4.21. The molecule has 2 aromatic heterocycles.